The number of carbonyl (C=O) groups excluding carboxylic acids is 1. The number of aromatic nitrogens is 1. The van der Waals surface area contributed by atoms with E-state index in [0.29, 0.717) is 29.0 Å². The summed E-state index contributed by atoms with van der Waals surface area (Å²) in [7, 11) is 0. The van der Waals surface area contributed by atoms with Crippen molar-refractivity contribution in [3.05, 3.63) is 131 Å². The maximum atomic E-state index is 12.3. The van der Waals surface area contributed by atoms with Crippen LogP contribution in [0.5, 0.6) is 5.88 Å². The Kier molecular flexibility index (Phi) is 8.38. The van der Waals surface area contributed by atoms with Gasteiger partial charge in [0.15, 0.2) is 5.88 Å². The largest absolute Gasteiger partial charge is 0.494 e. The smallest absolute Gasteiger partial charge is 0.338 e. The molecule has 6 heteroatoms. The molecule has 0 unspecified atom stereocenters. The topological polar surface area (TPSA) is 77.9 Å². The van der Waals surface area contributed by atoms with Gasteiger partial charge in [-0.25, -0.2) is 9.79 Å². The van der Waals surface area contributed by atoms with Crippen molar-refractivity contribution >= 4 is 28.3 Å². The fraction of sp³-hybridized carbons (Fsp3) is 0.176. The van der Waals surface area contributed by atoms with E-state index in [4.69, 9.17) is 9.73 Å². The van der Waals surface area contributed by atoms with E-state index in [1.165, 1.54) is 11.1 Å². The number of hydrogen-bond acceptors (Lipinski definition) is 5. The van der Waals surface area contributed by atoms with Crippen molar-refractivity contribution in [3.63, 3.8) is 0 Å². The minimum absolute atomic E-state index is 0.00488. The molecule has 202 valence electrons. The molecule has 0 aliphatic heterocycles. The number of carbonyl (C=O) groups is 1. The van der Waals surface area contributed by atoms with Gasteiger partial charge in [-0.1, -0.05) is 85.8 Å². The van der Waals surface area contributed by atoms with Gasteiger partial charge in [-0.15, -0.1) is 0 Å². The van der Waals surface area contributed by atoms with E-state index in [1.54, 1.807) is 19.1 Å². The molecule has 2 N–H and O–H groups in total. The summed E-state index contributed by atoms with van der Waals surface area (Å²) >= 11 is 0. The molecular weight excluding hydrogens is 498 g/mol. The Morgan fingerprint density at radius 3 is 2.12 bits per heavy atom. The summed E-state index contributed by atoms with van der Waals surface area (Å²) in [5, 5.41) is 11.8. The molecular formula is C34H33N3O3. The van der Waals surface area contributed by atoms with E-state index in [0.717, 1.165) is 36.3 Å². The Labute approximate surface area is 234 Å². The molecule has 40 heavy (non-hydrogen) atoms. The summed E-state index contributed by atoms with van der Waals surface area (Å²) in [6.45, 7) is 6.93. The van der Waals surface area contributed by atoms with Crippen molar-refractivity contribution in [3.8, 4) is 5.88 Å². The number of aromatic hydroxyl groups is 1. The summed E-state index contributed by atoms with van der Waals surface area (Å²) < 4.78 is 5.14. The Balaban J connectivity index is 1.47. The molecule has 0 saturated heterocycles. The van der Waals surface area contributed by atoms with Crippen molar-refractivity contribution in [2.24, 2.45) is 4.99 Å². The highest BCUT2D eigenvalue weighted by atomic mass is 16.5. The zero-order valence-electron chi connectivity index (χ0n) is 22.8. The quantitative estimate of drug-likeness (QED) is 0.147. The predicted molar refractivity (Wildman–Crippen MR) is 160 cm³/mol. The average Bonchev–Trinajstić information content (AvgIpc) is 3.32. The molecule has 0 fully saturated rings. The Bertz CT molecular complexity index is 1610. The fourth-order valence-corrected chi connectivity index (χ4v) is 4.81. The molecule has 0 aliphatic rings. The molecule has 0 aliphatic carbocycles. The number of nitrogens with zero attached hydrogens (tertiary/aromatic N) is 2. The Morgan fingerprint density at radius 2 is 1.48 bits per heavy atom. The van der Waals surface area contributed by atoms with E-state index < -0.39 is 5.97 Å². The predicted octanol–water partition coefficient (Wildman–Crippen LogP) is 7.24. The zero-order chi connectivity index (χ0) is 27.9. The molecule has 1 heterocycles. The van der Waals surface area contributed by atoms with Crippen LogP contribution in [0, 0.1) is 0 Å². The maximum absolute atomic E-state index is 12.3. The van der Waals surface area contributed by atoms with Gasteiger partial charge in [-0.2, -0.15) is 0 Å². The molecule has 4 aromatic carbocycles. The van der Waals surface area contributed by atoms with E-state index in [9.17, 15) is 9.90 Å². The molecule has 0 spiro atoms. The van der Waals surface area contributed by atoms with E-state index >= 15 is 0 Å². The second-order valence-corrected chi connectivity index (χ2v) is 9.61. The molecule has 0 radical (unpaired) electrons. The third kappa shape index (κ3) is 6.14. The molecule has 1 aromatic heterocycles. The second kappa shape index (κ2) is 12.5. The van der Waals surface area contributed by atoms with Crippen LogP contribution in [0.1, 0.15) is 46.5 Å². The Hall–Kier alpha value is -4.68. The SMILES string of the molecule is CCOC(=O)c1ccc2c(C(=Nc3ccc(CN(CC)Cc4ccccc4)cc3)c3ccccc3)c(O)[nH]c2c1. The third-order valence-electron chi connectivity index (χ3n) is 6.85. The summed E-state index contributed by atoms with van der Waals surface area (Å²) in [4.78, 5) is 22.7. The van der Waals surface area contributed by atoms with Crippen LogP contribution in [-0.2, 0) is 17.8 Å². The van der Waals surface area contributed by atoms with Crippen LogP contribution >= 0.6 is 0 Å². The third-order valence-corrected chi connectivity index (χ3v) is 6.85. The maximum Gasteiger partial charge on any atom is 0.338 e. The minimum atomic E-state index is -0.400. The number of H-pyrrole nitrogens is 1. The van der Waals surface area contributed by atoms with Gasteiger partial charge < -0.3 is 14.8 Å². The number of aliphatic imine (C=N–C) groups is 1. The monoisotopic (exact) mass is 531 g/mol. The normalized spacial score (nSPS) is 11.7. The van der Waals surface area contributed by atoms with Crippen LogP contribution in [0.3, 0.4) is 0 Å². The van der Waals surface area contributed by atoms with Gasteiger partial charge in [0.05, 0.1) is 29.1 Å². The van der Waals surface area contributed by atoms with Crippen LogP contribution < -0.4 is 0 Å². The lowest BCUT2D eigenvalue weighted by Gasteiger charge is -2.20. The molecule has 6 nitrogen and oxygen atoms in total. The second-order valence-electron chi connectivity index (χ2n) is 9.61. The standard InChI is InChI=1S/C34H33N3O3/c1-3-37(22-24-11-7-5-8-12-24)23-25-15-18-28(19-16-25)35-32(26-13-9-6-10-14-26)31-29-20-17-27(34(39)40-4-2)21-30(29)36-33(31)38/h5-21,36,38H,3-4,22-23H2,1-2H3. The van der Waals surface area contributed by atoms with Crippen molar-refractivity contribution in [2.45, 2.75) is 26.9 Å². The number of benzene rings is 4. The van der Waals surface area contributed by atoms with Gasteiger partial charge in [0.2, 0.25) is 0 Å². The number of fused-ring (bicyclic) bond motifs is 1. The lowest BCUT2D eigenvalue weighted by atomic mass is 10.00. The highest BCUT2D eigenvalue weighted by Crippen LogP contribution is 2.32. The van der Waals surface area contributed by atoms with Crippen molar-refractivity contribution < 1.29 is 14.6 Å². The molecule has 5 rings (SSSR count). The fourth-order valence-electron chi connectivity index (χ4n) is 4.81. The molecule has 0 saturated carbocycles. The molecule has 0 amide bonds. The molecule has 0 atom stereocenters. The molecule has 5 aromatic rings. The van der Waals surface area contributed by atoms with Gasteiger partial charge >= 0.3 is 5.97 Å². The average molecular weight is 532 g/mol. The number of hydrogen-bond donors (Lipinski definition) is 2. The summed E-state index contributed by atoms with van der Waals surface area (Å²) in [5.41, 5.74) is 6.44. The zero-order valence-corrected chi connectivity index (χ0v) is 22.8. The van der Waals surface area contributed by atoms with Gasteiger partial charge in [0.1, 0.15) is 0 Å². The Morgan fingerprint density at radius 1 is 0.825 bits per heavy atom. The van der Waals surface area contributed by atoms with Crippen molar-refractivity contribution in [2.75, 3.05) is 13.2 Å². The number of esters is 1. The minimum Gasteiger partial charge on any atom is -0.494 e. The first kappa shape index (κ1) is 26.9. The van der Waals surface area contributed by atoms with Gasteiger partial charge in [0, 0.05) is 29.6 Å². The lowest BCUT2D eigenvalue weighted by Crippen LogP contribution is -2.22. The number of rotatable bonds is 10. The van der Waals surface area contributed by atoms with Crippen LogP contribution in [0.4, 0.5) is 5.69 Å². The summed E-state index contributed by atoms with van der Waals surface area (Å²) in [6, 6.07) is 33.8. The number of ether oxygens (including phenoxy) is 1. The van der Waals surface area contributed by atoms with E-state index in [2.05, 4.69) is 53.2 Å². The summed E-state index contributed by atoms with van der Waals surface area (Å²) in [5.74, 6) is -0.405. The number of aromatic amines is 1. The van der Waals surface area contributed by atoms with Crippen molar-refractivity contribution in [1.82, 2.24) is 9.88 Å². The van der Waals surface area contributed by atoms with Crippen LogP contribution in [-0.4, -0.2) is 39.8 Å². The van der Waals surface area contributed by atoms with Gasteiger partial charge in [-0.3, -0.25) is 4.90 Å². The first-order chi connectivity index (χ1) is 19.6. The van der Waals surface area contributed by atoms with Crippen molar-refractivity contribution in [1.29, 1.82) is 0 Å². The first-order valence-electron chi connectivity index (χ1n) is 13.6. The lowest BCUT2D eigenvalue weighted by molar-refractivity contribution is 0.0526. The van der Waals surface area contributed by atoms with Crippen LogP contribution in [0.15, 0.2) is 108 Å². The molecule has 0 bridgehead atoms. The van der Waals surface area contributed by atoms with Crippen LogP contribution in [0.25, 0.3) is 10.9 Å². The van der Waals surface area contributed by atoms with Crippen LogP contribution in [0.2, 0.25) is 0 Å². The first-order valence-corrected chi connectivity index (χ1v) is 13.6. The highest BCUT2D eigenvalue weighted by molar-refractivity contribution is 6.22. The summed E-state index contributed by atoms with van der Waals surface area (Å²) in [6.07, 6.45) is 0. The van der Waals surface area contributed by atoms with Gasteiger partial charge in [0.25, 0.3) is 0 Å². The van der Waals surface area contributed by atoms with E-state index in [1.807, 2.05) is 54.6 Å². The highest BCUT2D eigenvalue weighted by Gasteiger charge is 2.20. The number of nitrogens with one attached hydrogen (secondary N) is 1. The van der Waals surface area contributed by atoms with Gasteiger partial charge in [-0.05, 0) is 48.9 Å². The van der Waals surface area contributed by atoms with E-state index in [-0.39, 0.29) is 5.88 Å².